The van der Waals surface area contributed by atoms with E-state index in [1.807, 2.05) is 24.3 Å². The van der Waals surface area contributed by atoms with Crippen LogP contribution in [-0.4, -0.2) is 12.1 Å². The van der Waals surface area contributed by atoms with E-state index in [9.17, 15) is 0 Å². The van der Waals surface area contributed by atoms with Gasteiger partial charge in [-0.25, -0.2) is 4.98 Å². The molecule has 0 unspecified atom stereocenters. The first-order valence-electron chi connectivity index (χ1n) is 6.78. The molecule has 0 aliphatic carbocycles. The van der Waals surface area contributed by atoms with E-state index < -0.39 is 0 Å². The summed E-state index contributed by atoms with van der Waals surface area (Å²) in [5.41, 5.74) is 2.24. The van der Waals surface area contributed by atoms with Gasteiger partial charge in [-0.3, -0.25) is 0 Å². The van der Waals surface area contributed by atoms with E-state index in [0.717, 1.165) is 21.7 Å². The highest BCUT2D eigenvalue weighted by molar-refractivity contribution is 7.21. The summed E-state index contributed by atoms with van der Waals surface area (Å²) in [6.07, 6.45) is 0. The van der Waals surface area contributed by atoms with Gasteiger partial charge in [0.05, 0.1) is 17.3 Å². The molecule has 0 N–H and O–H groups in total. The zero-order valence-corrected chi connectivity index (χ0v) is 12.4. The third kappa shape index (κ3) is 2.06. The molecule has 3 aromatic carbocycles. The van der Waals surface area contributed by atoms with Gasteiger partial charge in [0.25, 0.3) is 0 Å². The Morgan fingerprint density at radius 3 is 2.62 bits per heavy atom. The van der Waals surface area contributed by atoms with Crippen molar-refractivity contribution in [3.05, 3.63) is 60.7 Å². The average molecular weight is 291 g/mol. The van der Waals surface area contributed by atoms with Crippen molar-refractivity contribution in [1.29, 1.82) is 0 Å². The Kier molecular flexibility index (Phi) is 2.86. The van der Waals surface area contributed by atoms with Crippen molar-refractivity contribution in [3.63, 3.8) is 0 Å². The van der Waals surface area contributed by atoms with Crippen LogP contribution < -0.4 is 4.74 Å². The summed E-state index contributed by atoms with van der Waals surface area (Å²) in [4.78, 5) is 4.84. The predicted molar refractivity (Wildman–Crippen MR) is 89.1 cm³/mol. The largest absolute Gasteiger partial charge is 0.497 e. The maximum absolute atomic E-state index is 5.29. The summed E-state index contributed by atoms with van der Waals surface area (Å²) in [6.45, 7) is 0. The van der Waals surface area contributed by atoms with Crippen molar-refractivity contribution in [3.8, 4) is 16.3 Å². The number of nitrogens with zero attached hydrogens (tertiary/aromatic N) is 1. The smallest absolute Gasteiger partial charge is 0.124 e. The van der Waals surface area contributed by atoms with Gasteiger partial charge >= 0.3 is 0 Å². The van der Waals surface area contributed by atoms with Crippen LogP contribution in [0.1, 0.15) is 0 Å². The van der Waals surface area contributed by atoms with Crippen molar-refractivity contribution >= 4 is 32.3 Å². The molecule has 0 amide bonds. The number of hydrogen-bond acceptors (Lipinski definition) is 3. The molecule has 1 heterocycles. The summed E-state index contributed by atoms with van der Waals surface area (Å²) in [7, 11) is 1.69. The highest BCUT2D eigenvalue weighted by Gasteiger charge is 2.09. The molecule has 0 saturated carbocycles. The lowest BCUT2D eigenvalue weighted by molar-refractivity contribution is 0.415. The first-order valence-corrected chi connectivity index (χ1v) is 7.59. The van der Waals surface area contributed by atoms with Crippen LogP contribution in [0.5, 0.6) is 5.75 Å². The molecule has 21 heavy (non-hydrogen) atoms. The molecule has 0 aliphatic rings. The van der Waals surface area contributed by atoms with Crippen molar-refractivity contribution in [2.45, 2.75) is 0 Å². The Labute approximate surface area is 126 Å². The Morgan fingerprint density at radius 1 is 0.952 bits per heavy atom. The molecule has 0 aliphatic heterocycles. The topological polar surface area (TPSA) is 22.1 Å². The molecule has 3 heteroatoms. The first kappa shape index (κ1) is 12.4. The third-order valence-electron chi connectivity index (χ3n) is 3.60. The lowest BCUT2D eigenvalue weighted by atomic mass is 10.1. The van der Waals surface area contributed by atoms with Gasteiger partial charge in [-0.2, -0.15) is 0 Å². The van der Waals surface area contributed by atoms with Crippen LogP contribution in [-0.2, 0) is 0 Å². The van der Waals surface area contributed by atoms with Crippen LogP contribution >= 0.6 is 11.3 Å². The number of ether oxygens (including phenoxy) is 1. The molecule has 0 fully saturated rings. The molecule has 0 spiro atoms. The Balaban J connectivity index is 1.97. The fraction of sp³-hybridized carbons (Fsp3) is 0.0556. The number of aromatic nitrogens is 1. The molecule has 4 rings (SSSR count). The summed E-state index contributed by atoms with van der Waals surface area (Å²) >= 11 is 1.73. The molecular formula is C18H13NOS. The number of methoxy groups -OCH3 is 1. The van der Waals surface area contributed by atoms with Crippen molar-refractivity contribution < 1.29 is 4.74 Å². The van der Waals surface area contributed by atoms with Crippen LogP contribution in [0.4, 0.5) is 0 Å². The third-order valence-corrected chi connectivity index (χ3v) is 4.67. The Bertz CT molecular complexity index is 928. The monoisotopic (exact) mass is 291 g/mol. The van der Waals surface area contributed by atoms with E-state index in [1.54, 1.807) is 18.4 Å². The fourth-order valence-electron chi connectivity index (χ4n) is 2.53. The lowest BCUT2D eigenvalue weighted by Gasteiger charge is -2.02. The molecule has 102 valence electrons. The second-order valence-electron chi connectivity index (χ2n) is 4.88. The predicted octanol–water partition coefficient (Wildman–Crippen LogP) is 5.13. The quantitative estimate of drug-likeness (QED) is 0.511. The minimum absolute atomic E-state index is 0.875. The molecule has 0 atom stereocenters. The first-order chi connectivity index (χ1) is 10.3. The second-order valence-corrected chi connectivity index (χ2v) is 5.92. The van der Waals surface area contributed by atoms with Crippen molar-refractivity contribution in [2.24, 2.45) is 0 Å². The second kappa shape index (κ2) is 4.86. The van der Waals surface area contributed by atoms with Gasteiger partial charge in [0.1, 0.15) is 10.8 Å². The van der Waals surface area contributed by atoms with Crippen LogP contribution in [0.3, 0.4) is 0 Å². The van der Waals surface area contributed by atoms with E-state index in [4.69, 9.17) is 9.72 Å². The van der Waals surface area contributed by atoms with Gasteiger partial charge < -0.3 is 4.74 Å². The Hall–Kier alpha value is -2.39. The molecule has 0 radical (unpaired) electrons. The van der Waals surface area contributed by atoms with E-state index in [1.165, 1.54) is 15.6 Å². The minimum Gasteiger partial charge on any atom is -0.497 e. The molecule has 4 aromatic rings. The zero-order valence-electron chi connectivity index (χ0n) is 11.5. The van der Waals surface area contributed by atoms with Gasteiger partial charge in [-0.1, -0.05) is 36.4 Å². The molecule has 0 bridgehead atoms. The van der Waals surface area contributed by atoms with Gasteiger partial charge in [-0.15, -0.1) is 11.3 Å². The van der Waals surface area contributed by atoms with Gasteiger partial charge in [0.2, 0.25) is 0 Å². The molecular weight excluding hydrogens is 278 g/mol. The molecule has 2 nitrogen and oxygen atoms in total. The van der Waals surface area contributed by atoms with Gasteiger partial charge in [-0.05, 0) is 29.7 Å². The number of rotatable bonds is 2. The van der Waals surface area contributed by atoms with Crippen LogP contribution in [0.25, 0.3) is 31.6 Å². The maximum atomic E-state index is 5.29. The SMILES string of the molecule is COc1ccc2c(ccc3sc(-c4ccccc4)nc32)c1. The van der Waals surface area contributed by atoms with E-state index >= 15 is 0 Å². The van der Waals surface area contributed by atoms with Crippen molar-refractivity contribution in [1.82, 2.24) is 4.98 Å². The lowest BCUT2D eigenvalue weighted by Crippen LogP contribution is -1.83. The number of fused-ring (bicyclic) bond motifs is 3. The normalized spacial score (nSPS) is 11.1. The average Bonchev–Trinajstić information content (AvgIpc) is 2.99. The highest BCUT2D eigenvalue weighted by atomic mass is 32.1. The summed E-state index contributed by atoms with van der Waals surface area (Å²) in [5.74, 6) is 0.875. The Morgan fingerprint density at radius 2 is 1.81 bits per heavy atom. The van der Waals surface area contributed by atoms with E-state index in [0.29, 0.717) is 0 Å². The number of benzene rings is 3. The standard InChI is InChI=1S/C18H13NOS/c1-20-14-8-9-15-13(11-14)7-10-16-17(15)19-18(21-16)12-5-3-2-4-6-12/h2-11H,1H3. The highest BCUT2D eigenvalue weighted by Crippen LogP contribution is 2.35. The van der Waals surface area contributed by atoms with Crippen molar-refractivity contribution in [2.75, 3.05) is 7.11 Å². The van der Waals surface area contributed by atoms with Gasteiger partial charge in [0.15, 0.2) is 0 Å². The zero-order chi connectivity index (χ0) is 14.2. The summed E-state index contributed by atoms with van der Waals surface area (Å²) < 4.78 is 6.51. The number of hydrogen-bond donors (Lipinski definition) is 0. The summed E-state index contributed by atoms with van der Waals surface area (Å²) in [5, 5.41) is 3.40. The van der Waals surface area contributed by atoms with Crippen LogP contribution in [0, 0.1) is 0 Å². The van der Waals surface area contributed by atoms with E-state index in [-0.39, 0.29) is 0 Å². The van der Waals surface area contributed by atoms with Gasteiger partial charge in [0, 0.05) is 10.9 Å². The van der Waals surface area contributed by atoms with Crippen LogP contribution in [0.15, 0.2) is 60.7 Å². The molecule has 1 aromatic heterocycles. The fourth-order valence-corrected chi connectivity index (χ4v) is 3.52. The minimum atomic E-state index is 0.875. The van der Waals surface area contributed by atoms with E-state index in [2.05, 4.69) is 36.4 Å². The maximum Gasteiger partial charge on any atom is 0.124 e. The summed E-state index contributed by atoms with van der Waals surface area (Å²) in [6, 6.07) is 20.7. The van der Waals surface area contributed by atoms with Crippen LogP contribution in [0.2, 0.25) is 0 Å². The molecule has 0 saturated heterocycles. The number of thiazole rings is 1.